The Bertz CT molecular complexity index is 777. The minimum Gasteiger partial charge on any atom is -0.292 e. The summed E-state index contributed by atoms with van der Waals surface area (Å²) in [5.74, 6) is 1.04. The molecule has 0 spiro atoms. The van der Waals surface area contributed by atoms with Gasteiger partial charge in [-0.25, -0.2) is 0 Å². The van der Waals surface area contributed by atoms with E-state index in [1.165, 1.54) is 10.4 Å². The van der Waals surface area contributed by atoms with Crippen LogP contribution in [0.3, 0.4) is 0 Å². The number of hydrogen-bond acceptors (Lipinski definition) is 5. The minimum atomic E-state index is -0.0177. The fourth-order valence-electron chi connectivity index (χ4n) is 2.27. The molecule has 0 radical (unpaired) electrons. The Balaban J connectivity index is 1.69. The molecule has 1 atom stereocenters. The van der Waals surface area contributed by atoms with Crippen LogP contribution >= 0.6 is 11.3 Å². The molecule has 118 valence electrons. The number of nitrogens with zero attached hydrogens (tertiary/aromatic N) is 4. The van der Waals surface area contributed by atoms with Crippen molar-refractivity contribution in [2.45, 2.75) is 32.7 Å². The molecule has 0 fully saturated rings. The van der Waals surface area contributed by atoms with Crippen molar-refractivity contribution in [3.05, 3.63) is 52.9 Å². The minimum absolute atomic E-state index is 0.0177. The number of carbonyl (C=O) groups is 1. The van der Waals surface area contributed by atoms with Crippen molar-refractivity contribution < 1.29 is 4.79 Å². The maximum atomic E-state index is 12.3. The first-order chi connectivity index (χ1) is 11.2. The van der Waals surface area contributed by atoms with Crippen molar-refractivity contribution in [1.82, 2.24) is 20.2 Å². The Morgan fingerprint density at radius 3 is 2.70 bits per heavy atom. The number of rotatable bonds is 6. The van der Waals surface area contributed by atoms with Crippen LogP contribution in [-0.4, -0.2) is 26.0 Å². The number of benzene rings is 1. The van der Waals surface area contributed by atoms with Gasteiger partial charge in [0.2, 0.25) is 5.82 Å². The van der Waals surface area contributed by atoms with Gasteiger partial charge in [-0.3, -0.25) is 4.79 Å². The summed E-state index contributed by atoms with van der Waals surface area (Å²) in [6.45, 7) is 4.44. The number of Topliss-reactive ketones (excluding diaryl/α,β-unsaturated/α-hetero) is 1. The molecule has 6 heteroatoms. The van der Waals surface area contributed by atoms with Gasteiger partial charge in [0.05, 0.1) is 4.88 Å². The maximum Gasteiger partial charge on any atom is 0.214 e. The van der Waals surface area contributed by atoms with Crippen LogP contribution in [0, 0.1) is 0 Å². The molecule has 0 N–H and O–H groups in total. The van der Waals surface area contributed by atoms with E-state index in [0.29, 0.717) is 17.3 Å². The Morgan fingerprint density at radius 2 is 2.04 bits per heavy atom. The summed E-state index contributed by atoms with van der Waals surface area (Å²) in [7, 11) is 0. The zero-order valence-electron chi connectivity index (χ0n) is 13.1. The molecule has 3 rings (SSSR count). The van der Waals surface area contributed by atoms with Gasteiger partial charge in [-0.05, 0) is 34.6 Å². The van der Waals surface area contributed by atoms with Gasteiger partial charge in [0.1, 0.15) is 6.54 Å². The van der Waals surface area contributed by atoms with Crippen LogP contribution in [0.2, 0.25) is 0 Å². The molecule has 0 saturated heterocycles. The lowest BCUT2D eigenvalue weighted by molar-refractivity contribution is 0.0961. The fraction of sp³-hybridized carbons (Fsp3) is 0.294. The summed E-state index contributed by atoms with van der Waals surface area (Å²) in [6, 6.07) is 11.7. The van der Waals surface area contributed by atoms with Crippen LogP contribution in [0.15, 0.2) is 41.8 Å². The summed E-state index contributed by atoms with van der Waals surface area (Å²) in [5.41, 5.74) is 1.93. The highest BCUT2D eigenvalue weighted by molar-refractivity contribution is 7.13. The molecule has 23 heavy (non-hydrogen) atoms. The number of hydrogen-bond donors (Lipinski definition) is 0. The van der Waals surface area contributed by atoms with Crippen molar-refractivity contribution in [3.8, 4) is 10.7 Å². The molecule has 3 aromatic rings. The second-order valence-electron chi connectivity index (χ2n) is 5.48. The lowest BCUT2D eigenvalue weighted by Gasteiger charge is -2.09. The van der Waals surface area contributed by atoms with Crippen LogP contribution in [0.5, 0.6) is 0 Å². The summed E-state index contributed by atoms with van der Waals surface area (Å²) < 4.78 is 0. The van der Waals surface area contributed by atoms with E-state index >= 15 is 0 Å². The molecule has 0 bridgehead atoms. The molecule has 5 nitrogen and oxygen atoms in total. The SMILES string of the molecule is CC[C@H](C)c1ccc(C(=O)Cn2nnc(-c3cccs3)n2)cc1. The summed E-state index contributed by atoms with van der Waals surface area (Å²) in [4.78, 5) is 14.6. The maximum absolute atomic E-state index is 12.3. The van der Waals surface area contributed by atoms with Crippen LogP contribution in [-0.2, 0) is 6.54 Å². The molecule has 0 aliphatic carbocycles. The van der Waals surface area contributed by atoms with E-state index in [0.717, 1.165) is 11.3 Å². The molecule has 2 aromatic heterocycles. The Labute approximate surface area is 139 Å². The average molecular weight is 326 g/mol. The Kier molecular flexibility index (Phi) is 4.62. The van der Waals surface area contributed by atoms with E-state index in [2.05, 4.69) is 29.3 Å². The molecule has 0 amide bonds. The molecule has 0 aliphatic rings. The summed E-state index contributed by atoms with van der Waals surface area (Å²) >= 11 is 1.55. The first-order valence-electron chi connectivity index (χ1n) is 7.62. The second-order valence-corrected chi connectivity index (χ2v) is 6.42. The van der Waals surface area contributed by atoms with Gasteiger partial charge in [-0.2, -0.15) is 4.80 Å². The molecule has 0 unspecified atom stereocenters. The number of ketones is 1. The molecule has 0 saturated carbocycles. The third-order valence-electron chi connectivity index (χ3n) is 3.89. The molecule has 0 aliphatic heterocycles. The van der Waals surface area contributed by atoms with Gasteiger partial charge in [0, 0.05) is 5.56 Å². The van der Waals surface area contributed by atoms with E-state index in [9.17, 15) is 4.79 Å². The molecule has 1 aromatic carbocycles. The number of carbonyl (C=O) groups excluding carboxylic acids is 1. The lowest BCUT2D eigenvalue weighted by Crippen LogP contribution is -2.13. The van der Waals surface area contributed by atoms with E-state index < -0.39 is 0 Å². The lowest BCUT2D eigenvalue weighted by atomic mass is 9.97. The van der Waals surface area contributed by atoms with Gasteiger partial charge >= 0.3 is 0 Å². The van der Waals surface area contributed by atoms with Gasteiger partial charge in [0.15, 0.2) is 5.78 Å². The monoisotopic (exact) mass is 326 g/mol. The largest absolute Gasteiger partial charge is 0.292 e. The normalized spacial score (nSPS) is 12.3. The van der Waals surface area contributed by atoms with Crippen LogP contribution in [0.25, 0.3) is 10.7 Å². The Hall–Kier alpha value is -2.34. The van der Waals surface area contributed by atoms with Crippen molar-refractivity contribution in [2.24, 2.45) is 0 Å². The summed E-state index contributed by atoms with van der Waals surface area (Å²) in [5, 5.41) is 14.2. The average Bonchev–Trinajstić information content (AvgIpc) is 3.25. The van der Waals surface area contributed by atoms with E-state index in [-0.39, 0.29) is 12.3 Å². The van der Waals surface area contributed by atoms with E-state index in [4.69, 9.17) is 0 Å². The zero-order chi connectivity index (χ0) is 16.2. The highest BCUT2D eigenvalue weighted by atomic mass is 32.1. The second kappa shape index (κ2) is 6.83. The highest BCUT2D eigenvalue weighted by Gasteiger charge is 2.12. The van der Waals surface area contributed by atoms with Crippen molar-refractivity contribution in [2.75, 3.05) is 0 Å². The van der Waals surface area contributed by atoms with Gasteiger partial charge in [-0.15, -0.1) is 21.5 Å². The van der Waals surface area contributed by atoms with Crippen molar-refractivity contribution in [1.29, 1.82) is 0 Å². The van der Waals surface area contributed by atoms with Crippen LogP contribution < -0.4 is 0 Å². The number of tetrazole rings is 1. The van der Waals surface area contributed by atoms with Gasteiger partial charge in [0.25, 0.3) is 0 Å². The molecular formula is C17H18N4OS. The zero-order valence-corrected chi connectivity index (χ0v) is 14.0. The predicted octanol–water partition coefficient (Wildman–Crippen LogP) is 3.80. The first-order valence-corrected chi connectivity index (χ1v) is 8.50. The highest BCUT2D eigenvalue weighted by Crippen LogP contribution is 2.20. The standard InChI is InChI=1S/C17H18N4OS/c1-3-12(2)13-6-8-14(9-7-13)15(22)11-21-19-17(18-20-21)16-5-4-10-23-16/h4-10,12H,3,11H2,1-2H3/t12-/m0/s1. The fourth-order valence-corrected chi connectivity index (χ4v) is 2.92. The van der Waals surface area contributed by atoms with Gasteiger partial charge < -0.3 is 0 Å². The van der Waals surface area contributed by atoms with Crippen LogP contribution in [0.4, 0.5) is 0 Å². The summed E-state index contributed by atoms with van der Waals surface area (Å²) in [6.07, 6.45) is 1.08. The number of aromatic nitrogens is 4. The van der Waals surface area contributed by atoms with E-state index in [1.807, 2.05) is 41.8 Å². The molecule has 2 heterocycles. The van der Waals surface area contributed by atoms with Crippen molar-refractivity contribution >= 4 is 17.1 Å². The smallest absolute Gasteiger partial charge is 0.214 e. The van der Waals surface area contributed by atoms with Crippen molar-refractivity contribution in [3.63, 3.8) is 0 Å². The van der Waals surface area contributed by atoms with Crippen LogP contribution in [0.1, 0.15) is 42.1 Å². The Morgan fingerprint density at radius 1 is 1.26 bits per heavy atom. The third-order valence-corrected chi connectivity index (χ3v) is 4.76. The first kappa shape index (κ1) is 15.6. The van der Waals surface area contributed by atoms with Gasteiger partial charge in [-0.1, -0.05) is 44.2 Å². The predicted molar refractivity (Wildman–Crippen MR) is 90.6 cm³/mol. The topological polar surface area (TPSA) is 60.7 Å². The third kappa shape index (κ3) is 3.53. The number of thiophene rings is 1. The molecular weight excluding hydrogens is 308 g/mol. The van der Waals surface area contributed by atoms with E-state index in [1.54, 1.807) is 11.3 Å². The quantitative estimate of drug-likeness (QED) is 0.646.